The number of rotatable bonds is 3. The highest BCUT2D eigenvalue weighted by atomic mass is 19.1. The molecule has 0 heterocycles. The molecule has 0 bridgehead atoms. The van der Waals surface area contributed by atoms with E-state index < -0.39 is 23.5 Å². The van der Waals surface area contributed by atoms with Gasteiger partial charge >= 0.3 is 5.97 Å². The highest BCUT2D eigenvalue weighted by Gasteiger charge is 2.16. The lowest BCUT2D eigenvalue weighted by molar-refractivity contribution is -0.138. The Morgan fingerprint density at radius 2 is 1.68 bits per heavy atom. The summed E-state index contributed by atoms with van der Waals surface area (Å²) in [6, 6.07) is 9.92. The number of halogens is 2. The van der Waals surface area contributed by atoms with E-state index in [4.69, 9.17) is 5.11 Å². The van der Waals surface area contributed by atoms with Crippen LogP contribution in [0.25, 0.3) is 11.1 Å². The molecule has 2 aromatic rings. The molecule has 0 saturated heterocycles. The van der Waals surface area contributed by atoms with Crippen molar-refractivity contribution in [3.05, 3.63) is 59.7 Å². The first kappa shape index (κ1) is 13.2. The van der Waals surface area contributed by atoms with Gasteiger partial charge in [0, 0.05) is 11.1 Å². The van der Waals surface area contributed by atoms with E-state index in [0.29, 0.717) is 5.56 Å². The van der Waals surface area contributed by atoms with Crippen molar-refractivity contribution >= 4 is 5.97 Å². The molecule has 2 rings (SSSR count). The second-order valence-corrected chi connectivity index (χ2v) is 4.28. The Balaban J connectivity index is 2.46. The van der Waals surface area contributed by atoms with E-state index >= 15 is 0 Å². The van der Waals surface area contributed by atoms with Crippen LogP contribution < -0.4 is 0 Å². The third-order valence-corrected chi connectivity index (χ3v) is 3.03. The van der Waals surface area contributed by atoms with Gasteiger partial charge in [-0.25, -0.2) is 8.78 Å². The number of hydrogen-bond acceptors (Lipinski definition) is 1. The lowest BCUT2D eigenvalue weighted by atomic mass is 9.97. The minimum atomic E-state index is -1.03. The third-order valence-electron chi connectivity index (χ3n) is 3.03. The maximum atomic E-state index is 14.0. The van der Waals surface area contributed by atoms with E-state index in [0.717, 1.165) is 6.07 Å². The molecule has 0 aliphatic rings. The SMILES string of the molecule is CC(C(=O)O)c1ccc(-c2ccccc2F)c(F)c1. The Kier molecular flexibility index (Phi) is 3.60. The van der Waals surface area contributed by atoms with Crippen LogP contribution in [0.15, 0.2) is 42.5 Å². The van der Waals surface area contributed by atoms with Crippen molar-refractivity contribution in [2.45, 2.75) is 12.8 Å². The van der Waals surface area contributed by atoms with E-state index in [-0.39, 0.29) is 11.1 Å². The van der Waals surface area contributed by atoms with Crippen molar-refractivity contribution in [3.8, 4) is 11.1 Å². The predicted molar refractivity (Wildman–Crippen MR) is 67.8 cm³/mol. The van der Waals surface area contributed by atoms with Gasteiger partial charge in [-0.15, -0.1) is 0 Å². The summed E-state index contributed by atoms with van der Waals surface area (Å²) in [5, 5.41) is 8.87. The summed E-state index contributed by atoms with van der Waals surface area (Å²) in [4.78, 5) is 10.8. The number of carboxylic acid groups (broad SMARTS) is 1. The highest BCUT2D eigenvalue weighted by Crippen LogP contribution is 2.28. The quantitative estimate of drug-likeness (QED) is 0.913. The molecular weight excluding hydrogens is 250 g/mol. The fraction of sp³-hybridized carbons (Fsp3) is 0.133. The summed E-state index contributed by atoms with van der Waals surface area (Å²) in [5.41, 5.74) is 0.638. The maximum absolute atomic E-state index is 14.0. The van der Waals surface area contributed by atoms with Crippen LogP contribution in [-0.2, 0) is 4.79 Å². The third kappa shape index (κ3) is 2.62. The van der Waals surface area contributed by atoms with Crippen molar-refractivity contribution in [1.82, 2.24) is 0 Å². The molecule has 2 aromatic carbocycles. The van der Waals surface area contributed by atoms with Crippen LogP contribution in [0.5, 0.6) is 0 Å². The molecule has 2 nitrogen and oxygen atoms in total. The van der Waals surface area contributed by atoms with Gasteiger partial charge in [0.2, 0.25) is 0 Å². The molecule has 0 aliphatic heterocycles. The van der Waals surface area contributed by atoms with Gasteiger partial charge in [0.25, 0.3) is 0 Å². The fourth-order valence-corrected chi connectivity index (χ4v) is 1.84. The molecule has 19 heavy (non-hydrogen) atoms. The Labute approximate surface area is 109 Å². The second kappa shape index (κ2) is 5.18. The average Bonchev–Trinajstić information content (AvgIpc) is 2.38. The smallest absolute Gasteiger partial charge is 0.310 e. The standard InChI is InChI=1S/C15H12F2O2/c1-9(15(18)19)10-6-7-12(14(17)8-10)11-4-2-3-5-13(11)16/h2-9H,1H3,(H,18,19). The minimum Gasteiger partial charge on any atom is -0.481 e. The van der Waals surface area contributed by atoms with Gasteiger partial charge in [-0.3, -0.25) is 4.79 Å². The predicted octanol–water partition coefficient (Wildman–Crippen LogP) is 3.82. The second-order valence-electron chi connectivity index (χ2n) is 4.28. The van der Waals surface area contributed by atoms with E-state index in [1.54, 1.807) is 6.07 Å². The summed E-state index contributed by atoms with van der Waals surface area (Å²) < 4.78 is 27.6. The monoisotopic (exact) mass is 262 g/mol. The van der Waals surface area contributed by atoms with Crippen molar-refractivity contribution < 1.29 is 18.7 Å². The molecular formula is C15H12F2O2. The van der Waals surface area contributed by atoms with Gasteiger partial charge in [-0.1, -0.05) is 30.3 Å². The molecule has 0 radical (unpaired) electrons. The topological polar surface area (TPSA) is 37.3 Å². The molecule has 0 aromatic heterocycles. The lowest BCUT2D eigenvalue weighted by Crippen LogP contribution is -2.07. The zero-order chi connectivity index (χ0) is 14.0. The first-order valence-corrected chi connectivity index (χ1v) is 5.78. The van der Waals surface area contributed by atoms with Gasteiger partial charge in [-0.05, 0) is 24.6 Å². The first-order valence-electron chi connectivity index (χ1n) is 5.78. The highest BCUT2D eigenvalue weighted by molar-refractivity contribution is 5.76. The molecule has 4 heteroatoms. The van der Waals surface area contributed by atoms with E-state index in [2.05, 4.69) is 0 Å². The number of carboxylic acids is 1. The molecule has 1 N–H and O–H groups in total. The number of carbonyl (C=O) groups is 1. The molecule has 0 saturated carbocycles. The van der Waals surface area contributed by atoms with E-state index in [1.165, 1.54) is 37.3 Å². The molecule has 1 unspecified atom stereocenters. The van der Waals surface area contributed by atoms with Gasteiger partial charge in [0.05, 0.1) is 5.92 Å². The summed E-state index contributed by atoms with van der Waals surface area (Å²) in [6.07, 6.45) is 0. The van der Waals surface area contributed by atoms with Crippen LogP contribution in [0.3, 0.4) is 0 Å². The normalized spacial score (nSPS) is 12.2. The Morgan fingerprint density at radius 3 is 2.26 bits per heavy atom. The fourth-order valence-electron chi connectivity index (χ4n) is 1.84. The van der Waals surface area contributed by atoms with Crippen LogP contribution in [0.1, 0.15) is 18.4 Å². The Hall–Kier alpha value is -2.23. The molecule has 98 valence electrons. The molecule has 1 atom stereocenters. The maximum Gasteiger partial charge on any atom is 0.310 e. The minimum absolute atomic E-state index is 0.124. The van der Waals surface area contributed by atoms with Crippen molar-refractivity contribution in [2.24, 2.45) is 0 Å². The largest absolute Gasteiger partial charge is 0.481 e. The average molecular weight is 262 g/mol. The summed E-state index contributed by atoms with van der Waals surface area (Å²) in [7, 11) is 0. The molecule has 0 fully saturated rings. The summed E-state index contributed by atoms with van der Waals surface area (Å²) in [6.45, 7) is 1.47. The Bertz CT molecular complexity index is 623. The molecule has 0 amide bonds. The number of aliphatic carboxylic acids is 1. The van der Waals surface area contributed by atoms with Gasteiger partial charge in [0.1, 0.15) is 11.6 Å². The van der Waals surface area contributed by atoms with Crippen molar-refractivity contribution in [3.63, 3.8) is 0 Å². The van der Waals surface area contributed by atoms with E-state index in [1.807, 2.05) is 0 Å². The number of hydrogen-bond donors (Lipinski definition) is 1. The lowest BCUT2D eigenvalue weighted by Gasteiger charge is -2.10. The van der Waals surface area contributed by atoms with Crippen molar-refractivity contribution in [1.29, 1.82) is 0 Å². The molecule has 0 aliphatic carbocycles. The Morgan fingerprint density at radius 1 is 1.05 bits per heavy atom. The van der Waals surface area contributed by atoms with Crippen LogP contribution in [0.2, 0.25) is 0 Å². The van der Waals surface area contributed by atoms with Crippen LogP contribution in [0.4, 0.5) is 8.78 Å². The van der Waals surface area contributed by atoms with E-state index in [9.17, 15) is 13.6 Å². The first-order chi connectivity index (χ1) is 9.00. The summed E-state index contributed by atoms with van der Waals surface area (Å²) >= 11 is 0. The van der Waals surface area contributed by atoms with Gasteiger partial charge in [0.15, 0.2) is 0 Å². The van der Waals surface area contributed by atoms with Crippen LogP contribution in [-0.4, -0.2) is 11.1 Å². The zero-order valence-corrected chi connectivity index (χ0v) is 10.2. The number of benzene rings is 2. The molecule has 0 spiro atoms. The van der Waals surface area contributed by atoms with Crippen LogP contribution in [0, 0.1) is 11.6 Å². The summed E-state index contributed by atoms with van der Waals surface area (Å²) in [5.74, 6) is -2.97. The van der Waals surface area contributed by atoms with Crippen molar-refractivity contribution in [2.75, 3.05) is 0 Å². The van der Waals surface area contributed by atoms with Crippen LogP contribution >= 0.6 is 0 Å². The van der Waals surface area contributed by atoms with Gasteiger partial charge < -0.3 is 5.11 Å². The zero-order valence-electron chi connectivity index (χ0n) is 10.2. The van der Waals surface area contributed by atoms with Gasteiger partial charge in [-0.2, -0.15) is 0 Å².